The highest BCUT2D eigenvalue weighted by molar-refractivity contribution is 7.82. The molecule has 17 heteroatoms. The Morgan fingerprint density at radius 3 is 2.42 bits per heavy atom. The minimum absolute atomic E-state index is 0.0955. The van der Waals surface area contributed by atoms with Crippen LogP contribution in [0, 0.1) is 6.92 Å². The van der Waals surface area contributed by atoms with E-state index < -0.39 is 22.8 Å². The highest BCUT2D eigenvalue weighted by atomic mass is 35.5. The van der Waals surface area contributed by atoms with Gasteiger partial charge >= 0.3 is 12.2 Å². The number of hydrogen-bond donors (Lipinski definition) is 6. The molecule has 4 aromatic rings. The number of anilines is 7. The number of alkyl halides is 3. The first-order valence-electron chi connectivity index (χ1n) is 11.2. The van der Waals surface area contributed by atoms with E-state index in [1.54, 1.807) is 25.1 Å². The number of urea groups is 1. The van der Waals surface area contributed by atoms with Crippen LogP contribution in [0.4, 0.5) is 58.6 Å². The average Bonchev–Trinajstić information content (AvgIpc) is 3.30. The molecule has 0 aliphatic heterocycles. The fourth-order valence-corrected chi connectivity index (χ4v) is 3.66. The number of H-pyrrole nitrogens is 1. The van der Waals surface area contributed by atoms with Crippen molar-refractivity contribution in [2.45, 2.75) is 20.0 Å². The second-order valence-electron chi connectivity index (χ2n) is 8.16. The van der Waals surface area contributed by atoms with Gasteiger partial charge in [0.15, 0.2) is 5.82 Å². The second kappa shape index (κ2) is 11.7. The van der Waals surface area contributed by atoms with Gasteiger partial charge in [0.1, 0.15) is 17.5 Å². The van der Waals surface area contributed by atoms with Gasteiger partial charge in [0.05, 0.1) is 22.5 Å². The minimum Gasteiger partial charge on any atom is -0.325 e. The summed E-state index contributed by atoms with van der Waals surface area (Å²) < 4.78 is 40.1. The lowest BCUT2D eigenvalue weighted by Gasteiger charge is -2.17. The van der Waals surface area contributed by atoms with E-state index in [2.05, 4.69) is 59.2 Å². The van der Waals surface area contributed by atoms with Gasteiger partial charge in [-0.05, 0) is 37.3 Å². The molecular formula is C23H20ClF3N10O2S. The summed E-state index contributed by atoms with van der Waals surface area (Å²) in [4.78, 5) is 36.6. The topological polar surface area (TPSA) is 153 Å². The molecule has 0 aliphatic rings. The van der Waals surface area contributed by atoms with Gasteiger partial charge in [0, 0.05) is 30.4 Å². The number of aromatic amines is 1. The number of thiol groups is 1. The van der Waals surface area contributed by atoms with Gasteiger partial charge in [-0.1, -0.05) is 24.4 Å². The predicted octanol–water partition coefficient (Wildman–Crippen LogP) is 5.90. The van der Waals surface area contributed by atoms with E-state index >= 15 is 0 Å². The summed E-state index contributed by atoms with van der Waals surface area (Å²) >= 11 is 9.72. The van der Waals surface area contributed by atoms with Crippen LogP contribution in [0.15, 0.2) is 48.7 Å². The Morgan fingerprint density at radius 2 is 1.75 bits per heavy atom. The van der Waals surface area contributed by atoms with Crippen molar-refractivity contribution in [2.24, 2.45) is 0 Å². The molecule has 3 aromatic heterocycles. The van der Waals surface area contributed by atoms with Crippen LogP contribution in [0.5, 0.6) is 0 Å². The van der Waals surface area contributed by atoms with Crippen LogP contribution < -0.4 is 25.6 Å². The summed E-state index contributed by atoms with van der Waals surface area (Å²) in [7, 11) is 0. The van der Waals surface area contributed by atoms with Crippen molar-refractivity contribution in [2.75, 3.05) is 25.6 Å². The fraction of sp³-hybridized carbons (Fsp3) is 0.130. The normalized spacial score (nSPS) is 11.1. The van der Waals surface area contributed by atoms with Crippen LogP contribution in [0.1, 0.15) is 18.2 Å². The summed E-state index contributed by atoms with van der Waals surface area (Å²) in [5.74, 6) is 1.34. The SMILES string of the molecule is CC(=O)Nc1cc(Nc2cc(C)nc(Nc3ccc(N(S)C(=O)Nc4ccc(Cl)c(C(F)(F)F)c4)nc3)n2)[nH]n1. The van der Waals surface area contributed by atoms with E-state index in [1.807, 2.05) is 0 Å². The van der Waals surface area contributed by atoms with Gasteiger partial charge in [-0.15, -0.1) is 0 Å². The minimum atomic E-state index is -4.68. The molecule has 0 spiro atoms. The first kappa shape index (κ1) is 28.4. The number of pyridine rings is 1. The Morgan fingerprint density at radius 1 is 1.00 bits per heavy atom. The van der Waals surface area contributed by atoms with Crippen LogP contribution in [0.3, 0.4) is 0 Å². The smallest absolute Gasteiger partial charge is 0.325 e. The maximum atomic E-state index is 13.1. The number of nitrogens with zero attached hydrogens (tertiary/aromatic N) is 5. The average molecular weight is 593 g/mol. The highest BCUT2D eigenvalue weighted by Gasteiger charge is 2.33. The van der Waals surface area contributed by atoms with Crippen LogP contribution in [-0.2, 0) is 11.0 Å². The molecule has 3 amide bonds. The van der Waals surface area contributed by atoms with Gasteiger partial charge < -0.3 is 21.3 Å². The first-order valence-corrected chi connectivity index (χ1v) is 12.0. The molecule has 0 bridgehead atoms. The van der Waals surface area contributed by atoms with Crippen molar-refractivity contribution >= 4 is 76.9 Å². The summed E-state index contributed by atoms with van der Waals surface area (Å²) in [5, 5.41) is 17.1. The zero-order valence-electron chi connectivity index (χ0n) is 20.6. The lowest BCUT2D eigenvalue weighted by molar-refractivity contribution is -0.137. The molecule has 0 saturated heterocycles. The number of aromatic nitrogens is 5. The summed E-state index contributed by atoms with van der Waals surface area (Å²) in [6.45, 7) is 3.14. The van der Waals surface area contributed by atoms with E-state index in [1.165, 1.54) is 25.3 Å². The Labute approximate surface area is 235 Å². The van der Waals surface area contributed by atoms with Crippen LogP contribution in [0.2, 0.25) is 5.02 Å². The quantitative estimate of drug-likeness (QED) is 0.145. The lowest BCUT2D eigenvalue weighted by Crippen LogP contribution is -2.27. The second-order valence-corrected chi connectivity index (χ2v) is 8.96. The maximum absolute atomic E-state index is 13.1. The Hall–Kier alpha value is -4.57. The Bertz CT molecular complexity index is 1550. The molecule has 12 nitrogen and oxygen atoms in total. The summed E-state index contributed by atoms with van der Waals surface area (Å²) in [6.07, 6.45) is -3.29. The summed E-state index contributed by atoms with van der Waals surface area (Å²) in [5.41, 5.74) is -0.0893. The molecule has 1 aromatic carbocycles. The van der Waals surface area contributed by atoms with Crippen molar-refractivity contribution < 1.29 is 22.8 Å². The fourth-order valence-electron chi connectivity index (χ4n) is 3.27. The third-order valence-electron chi connectivity index (χ3n) is 4.94. The van der Waals surface area contributed by atoms with Crippen molar-refractivity contribution in [3.05, 3.63) is 64.9 Å². The molecule has 0 atom stereocenters. The number of nitrogens with one attached hydrogen (secondary N) is 5. The molecule has 0 saturated carbocycles. The monoisotopic (exact) mass is 592 g/mol. The molecule has 0 fully saturated rings. The van der Waals surface area contributed by atoms with E-state index in [9.17, 15) is 22.8 Å². The van der Waals surface area contributed by atoms with Crippen molar-refractivity contribution in [3.63, 3.8) is 0 Å². The van der Waals surface area contributed by atoms with Crippen LogP contribution in [0.25, 0.3) is 0 Å². The van der Waals surface area contributed by atoms with Crippen LogP contribution in [-0.4, -0.2) is 37.1 Å². The van der Waals surface area contributed by atoms with E-state index in [0.717, 1.165) is 16.4 Å². The van der Waals surface area contributed by atoms with Crippen molar-refractivity contribution in [1.29, 1.82) is 0 Å². The molecule has 40 heavy (non-hydrogen) atoms. The Kier molecular flexibility index (Phi) is 8.29. The van der Waals surface area contributed by atoms with Gasteiger partial charge in [-0.2, -0.15) is 23.3 Å². The van der Waals surface area contributed by atoms with Crippen molar-refractivity contribution in [1.82, 2.24) is 25.1 Å². The largest absolute Gasteiger partial charge is 0.417 e. The number of carbonyl (C=O) groups is 2. The first-order chi connectivity index (χ1) is 18.9. The van der Waals surface area contributed by atoms with E-state index in [4.69, 9.17) is 11.6 Å². The Balaban J connectivity index is 1.41. The van der Waals surface area contributed by atoms with E-state index in [0.29, 0.717) is 28.8 Å². The molecule has 0 radical (unpaired) electrons. The third kappa shape index (κ3) is 7.29. The van der Waals surface area contributed by atoms with Gasteiger partial charge in [0.25, 0.3) is 0 Å². The molecular weight excluding hydrogens is 573 g/mol. The molecule has 3 heterocycles. The molecule has 0 unspecified atom stereocenters. The van der Waals surface area contributed by atoms with Gasteiger partial charge in [-0.25, -0.2) is 19.1 Å². The lowest BCUT2D eigenvalue weighted by atomic mass is 10.2. The van der Waals surface area contributed by atoms with Crippen molar-refractivity contribution in [3.8, 4) is 0 Å². The maximum Gasteiger partial charge on any atom is 0.417 e. The molecule has 208 valence electrons. The number of amides is 3. The number of carbonyl (C=O) groups excluding carboxylic acids is 2. The molecule has 0 aliphatic carbocycles. The standard InChI is InChI=1S/C23H20ClF3N10O2S/c1-11-7-17(33-19-9-18(35-36-19)30-12(2)38)34-21(29-11)31-14-4-6-20(28-10-14)37(40)22(39)32-13-3-5-16(24)15(8-13)23(25,26)27/h3-10,40H,1-2H3,(H,32,39)(H4,29,30,31,33,34,35,36,38). The number of hydrogen-bond acceptors (Lipinski definition) is 9. The number of benzene rings is 1. The summed E-state index contributed by atoms with van der Waals surface area (Å²) in [6, 6.07) is 8.48. The van der Waals surface area contributed by atoms with Crippen LogP contribution >= 0.6 is 24.4 Å². The molecule has 5 N–H and O–H groups in total. The van der Waals surface area contributed by atoms with Gasteiger partial charge in [0.2, 0.25) is 11.9 Å². The molecule has 4 rings (SSSR count). The highest BCUT2D eigenvalue weighted by Crippen LogP contribution is 2.36. The zero-order valence-corrected chi connectivity index (χ0v) is 22.3. The third-order valence-corrected chi connectivity index (χ3v) is 5.65. The number of halogens is 4. The van der Waals surface area contributed by atoms with Gasteiger partial charge in [-0.3, -0.25) is 9.89 Å². The zero-order chi connectivity index (χ0) is 29.0. The number of rotatable bonds is 7. The predicted molar refractivity (Wildman–Crippen MR) is 147 cm³/mol. The van der Waals surface area contributed by atoms with E-state index in [-0.39, 0.29) is 23.4 Å². The number of aryl methyl sites for hydroxylation is 1.